The Morgan fingerprint density at radius 2 is 1.96 bits per heavy atom. The second-order valence-electron chi connectivity index (χ2n) is 7.37. The van der Waals surface area contributed by atoms with Crippen LogP contribution in [0.1, 0.15) is 25.8 Å². The molecular weight excluding hydrogens is 334 g/mol. The fourth-order valence-electron chi connectivity index (χ4n) is 4.44. The quantitative estimate of drug-likeness (QED) is 0.603. The van der Waals surface area contributed by atoms with Gasteiger partial charge < -0.3 is 9.47 Å². The summed E-state index contributed by atoms with van der Waals surface area (Å²) < 4.78 is 10.5. The predicted molar refractivity (Wildman–Crippen MR) is 94.0 cm³/mol. The van der Waals surface area contributed by atoms with Gasteiger partial charge in [-0.15, -0.1) is 0 Å². The molecule has 0 unspecified atom stereocenters. The first-order valence-electron chi connectivity index (χ1n) is 8.94. The number of fused-ring (bicyclic) bond motifs is 2. The normalized spacial score (nSPS) is 31.3. The van der Waals surface area contributed by atoms with Crippen molar-refractivity contribution in [2.24, 2.45) is 17.3 Å². The fraction of sp³-hybridized carbons (Fsp3) is 0.550. The lowest BCUT2D eigenvalue weighted by Gasteiger charge is -2.51. The van der Waals surface area contributed by atoms with Gasteiger partial charge in [0.25, 0.3) is 0 Å². The van der Waals surface area contributed by atoms with E-state index in [1.807, 2.05) is 37.3 Å². The summed E-state index contributed by atoms with van der Waals surface area (Å²) in [6, 6.07) is 9.91. The van der Waals surface area contributed by atoms with Crippen LogP contribution in [-0.4, -0.2) is 48.9 Å². The van der Waals surface area contributed by atoms with Crippen molar-refractivity contribution in [3.05, 3.63) is 35.9 Å². The number of benzene rings is 1. The lowest BCUT2D eigenvalue weighted by molar-refractivity contribution is -0.184. The molecule has 6 nitrogen and oxygen atoms in total. The lowest BCUT2D eigenvalue weighted by atomic mass is 9.59. The highest BCUT2D eigenvalue weighted by atomic mass is 16.5. The average Bonchev–Trinajstić information content (AvgIpc) is 2.61. The molecule has 26 heavy (non-hydrogen) atoms. The molecule has 2 fully saturated rings. The number of ketones is 1. The van der Waals surface area contributed by atoms with E-state index in [0.29, 0.717) is 26.1 Å². The van der Waals surface area contributed by atoms with Gasteiger partial charge in [0.1, 0.15) is 11.5 Å². The van der Waals surface area contributed by atoms with Crippen LogP contribution in [0.15, 0.2) is 30.3 Å². The maximum atomic E-state index is 13.2. The highest BCUT2D eigenvalue weighted by Crippen LogP contribution is 2.47. The second kappa shape index (κ2) is 7.19. The van der Waals surface area contributed by atoms with E-state index >= 15 is 0 Å². The van der Waals surface area contributed by atoms with Crippen LogP contribution < -0.4 is 0 Å². The number of piperidine rings is 1. The van der Waals surface area contributed by atoms with Crippen LogP contribution in [0.3, 0.4) is 0 Å². The van der Waals surface area contributed by atoms with Crippen LogP contribution >= 0.6 is 0 Å². The van der Waals surface area contributed by atoms with E-state index < -0.39 is 29.4 Å². The first-order valence-corrected chi connectivity index (χ1v) is 8.94. The molecule has 0 N–H and O–H groups in total. The number of hydrogen-bond acceptors (Lipinski definition) is 6. The van der Waals surface area contributed by atoms with Crippen molar-refractivity contribution < 1.29 is 23.9 Å². The third kappa shape index (κ3) is 3.14. The summed E-state index contributed by atoms with van der Waals surface area (Å²) in [6.45, 7) is 4.65. The molecule has 1 aromatic rings. The van der Waals surface area contributed by atoms with Gasteiger partial charge in [-0.05, 0) is 17.9 Å². The molecule has 0 radical (unpaired) electrons. The Morgan fingerprint density at radius 1 is 1.27 bits per heavy atom. The molecule has 140 valence electrons. The molecule has 0 aromatic heterocycles. The van der Waals surface area contributed by atoms with Crippen molar-refractivity contribution in [2.45, 2.75) is 32.9 Å². The molecule has 1 aromatic carbocycles. The summed E-state index contributed by atoms with van der Waals surface area (Å²) >= 11 is 0. The highest BCUT2D eigenvalue weighted by molar-refractivity contribution is 6.07. The number of nitrogens with zero attached hydrogens (tertiary/aromatic N) is 1. The largest absolute Gasteiger partial charge is 0.468 e. The number of methoxy groups -OCH3 is 1. The van der Waals surface area contributed by atoms with Crippen molar-refractivity contribution in [2.75, 3.05) is 20.2 Å². The summed E-state index contributed by atoms with van der Waals surface area (Å²) in [5.41, 5.74) is -0.0834. The van der Waals surface area contributed by atoms with Gasteiger partial charge in [0.05, 0.1) is 13.0 Å². The van der Waals surface area contributed by atoms with E-state index in [9.17, 15) is 14.4 Å². The van der Waals surface area contributed by atoms with Gasteiger partial charge in [0, 0.05) is 26.6 Å². The second-order valence-corrected chi connectivity index (χ2v) is 7.37. The Bertz CT molecular complexity index is 703. The van der Waals surface area contributed by atoms with Crippen LogP contribution in [0.5, 0.6) is 0 Å². The molecule has 1 saturated heterocycles. The molecule has 3 rings (SSSR count). The maximum Gasteiger partial charge on any atom is 0.320 e. The summed E-state index contributed by atoms with van der Waals surface area (Å²) in [5.74, 6) is -1.81. The maximum absolute atomic E-state index is 13.2. The Morgan fingerprint density at radius 3 is 2.58 bits per heavy atom. The van der Waals surface area contributed by atoms with Crippen molar-refractivity contribution in [1.82, 2.24) is 4.90 Å². The molecule has 2 bridgehead atoms. The summed E-state index contributed by atoms with van der Waals surface area (Å²) in [6.07, 6.45) is -0.00378. The minimum absolute atomic E-state index is 0.154. The van der Waals surface area contributed by atoms with E-state index in [-0.39, 0.29) is 11.7 Å². The van der Waals surface area contributed by atoms with Gasteiger partial charge >= 0.3 is 11.9 Å². The number of esters is 2. The number of rotatable bonds is 4. The van der Waals surface area contributed by atoms with E-state index in [4.69, 9.17) is 9.47 Å². The fourth-order valence-corrected chi connectivity index (χ4v) is 4.44. The number of Topliss-reactive ketones (excluding diaryl/α,β-unsaturated/α-hetero) is 1. The Kier molecular flexibility index (Phi) is 5.14. The average molecular weight is 359 g/mol. The molecular formula is C20H25NO5. The van der Waals surface area contributed by atoms with Crippen LogP contribution in [0.4, 0.5) is 0 Å². The van der Waals surface area contributed by atoms with E-state index in [1.54, 1.807) is 0 Å². The number of carbonyl (C=O) groups excluding carboxylic acids is 3. The van der Waals surface area contributed by atoms with Crippen molar-refractivity contribution in [1.29, 1.82) is 0 Å². The van der Waals surface area contributed by atoms with Crippen molar-refractivity contribution in [3.63, 3.8) is 0 Å². The Hall–Kier alpha value is -2.21. The van der Waals surface area contributed by atoms with Gasteiger partial charge in [0.15, 0.2) is 5.78 Å². The highest BCUT2D eigenvalue weighted by Gasteiger charge is 2.62. The lowest BCUT2D eigenvalue weighted by Crippen LogP contribution is -2.66. The van der Waals surface area contributed by atoms with E-state index in [0.717, 1.165) is 5.56 Å². The number of hydrogen-bond donors (Lipinski definition) is 0. The number of ether oxygens (including phenoxy) is 2. The SMILES string of the molecule is COC(=O)[C@@]12CN(Cc3ccccc3)C[C@@H](C1=O)[C@@H](OC(C)=O)C[C@H]2C. The summed E-state index contributed by atoms with van der Waals surface area (Å²) in [7, 11) is 1.32. The zero-order valence-corrected chi connectivity index (χ0v) is 15.4. The van der Waals surface area contributed by atoms with Gasteiger partial charge in [-0.2, -0.15) is 0 Å². The zero-order chi connectivity index (χ0) is 18.9. The molecule has 0 amide bonds. The Labute approximate surface area is 153 Å². The third-order valence-corrected chi connectivity index (χ3v) is 5.70. The molecule has 1 heterocycles. The zero-order valence-electron chi connectivity index (χ0n) is 15.4. The van der Waals surface area contributed by atoms with Crippen LogP contribution in [-0.2, 0) is 30.4 Å². The van der Waals surface area contributed by atoms with Gasteiger partial charge in [-0.1, -0.05) is 37.3 Å². The topological polar surface area (TPSA) is 72.9 Å². The van der Waals surface area contributed by atoms with Crippen LogP contribution in [0, 0.1) is 17.3 Å². The predicted octanol–water partition coefficient (Wildman–Crippen LogP) is 1.82. The van der Waals surface area contributed by atoms with Crippen molar-refractivity contribution in [3.8, 4) is 0 Å². The molecule has 6 heteroatoms. The summed E-state index contributed by atoms with van der Waals surface area (Å²) in [5, 5.41) is 0. The van der Waals surface area contributed by atoms with Gasteiger partial charge in [0.2, 0.25) is 0 Å². The molecule has 4 atom stereocenters. The van der Waals surface area contributed by atoms with Crippen molar-refractivity contribution >= 4 is 17.7 Å². The first-order chi connectivity index (χ1) is 12.4. The minimum Gasteiger partial charge on any atom is -0.468 e. The molecule has 1 saturated carbocycles. The third-order valence-electron chi connectivity index (χ3n) is 5.70. The van der Waals surface area contributed by atoms with Gasteiger partial charge in [-0.3, -0.25) is 19.3 Å². The number of carbonyl (C=O) groups is 3. The van der Waals surface area contributed by atoms with Crippen LogP contribution in [0.25, 0.3) is 0 Å². The monoisotopic (exact) mass is 359 g/mol. The molecule has 1 aliphatic heterocycles. The molecule has 0 spiro atoms. The standard InChI is InChI=1S/C20H25NO5/c1-13-9-17(26-14(2)22)16-11-21(10-15-7-5-4-6-8-15)12-20(13,18(16)23)19(24)25-3/h4-8,13,16-17H,9-12H2,1-3H3/t13-,16-,17+,20-/m1/s1. The van der Waals surface area contributed by atoms with Crippen LogP contribution in [0.2, 0.25) is 0 Å². The van der Waals surface area contributed by atoms with E-state index in [2.05, 4.69) is 4.90 Å². The smallest absolute Gasteiger partial charge is 0.320 e. The molecule has 1 aliphatic carbocycles. The first kappa shape index (κ1) is 18.6. The Balaban J connectivity index is 1.94. The summed E-state index contributed by atoms with van der Waals surface area (Å²) in [4.78, 5) is 39.5. The van der Waals surface area contributed by atoms with Gasteiger partial charge in [-0.25, -0.2) is 0 Å². The molecule has 2 aliphatic rings. The van der Waals surface area contributed by atoms with E-state index in [1.165, 1.54) is 14.0 Å². The number of likely N-dealkylation sites (tertiary alicyclic amines) is 1. The minimum atomic E-state index is -1.19.